The van der Waals surface area contributed by atoms with E-state index in [9.17, 15) is 20.1 Å². The molecule has 2 heterocycles. The van der Waals surface area contributed by atoms with Crippen LogP contribution in [-0.4, -0.2) is 50.9 Å². The zero-order valence-corrected chi connectivity index (χ0v) is 19.9. The molecule has 0 saturated carbocycles. The fraction of sp³-hybridized carbons (Fsp3) is 0.385. The van der Waals surface area contributed by atoms with Crippen LogP contribution in [0.4, 0.5) is 0 Å². The number of aromatic hydroxyl groups is 2. The van der Waals surface area contributed by atoms with Crippen LogP contribution in [0.15, 0.2) is 40.9 Å². The Kier molecular flexibility index (Phi) is 7.56. The zero-order valence-electron chi connectivity index (χ0n) is 19.1. The number of phenols is 2. The van der Waals surface area contributed by atoms with E-state index < -0.39 is 0 Å². The van der Waals surface area contributed by atoms with Crippen LogP contribution >= 0.6 is 11.6 Å². The number of piperidine rings is 1. The maximum atomic E-state index is 12.8. The van der Waals surface area contributed by atoms with E-state index in [1.807, 2.05) is 31.2 Å². The van der Waals surface area contributed by atoms with E-state index in [4.69, 9.17) is 16.1 Å². The molecule has 1 aliphatic heterocycles. The van der Waals surface area contributed by atoms with Crippen molar-refractivity contribution in [1.82, 2.24) is 10.1 Å². The lowest BCUT2D eigenvalue weighted by Crippen LogP contribution is -2.34. The van der Waals surface area contributed by atoms with Crippen LogP contribution in [0.1, 0.15) is 48.7 Å². The average molecular weight is 485 g/mol. The van der Waals surface area contributed by atoms with Crippen molar-refractivity contribution in [2.75, 3.05) is 19.7 Å². The number of hydrogen-bond donors (Lipinski definition) is 3. The Hall–Kier alpha value is -2.87. The van der Waals surface area contributed by atoms with Crippen LogP contribution in [0.25, 0.3) is 22.5 Å². The molecule has 1 saturated heterocycles. The van der Waals surface area contributed by atoms with Crippen molar-refractivity contribution in [2.24, 2.45) is 5.92 Å². The number of aliphatic hydroxyl groups excluding tert-OH is 1. The van der Waals surface area contributed by atoms with E-state index >= 15 is 0 Å². The average Bonchev–Trinajstić information content (AvgIpc) is 3.27. The molecule has 0 bridgehead atoms. The standard InChI is InChI=1S/C26H29ClN2O5/c1-2-3-21(31)25-24(26(34-28-25)19-12-20(27)23(33)13-22(19)32)18-6-4-16(5-7-18)14-29-10-8-17(15-30)9-11-29/h4-7,12-13,17,30,32-33H,2-3,8-11,14-15H2,1H3. The molecular formula is C26H29ClN2O5. The zero-order chi connectivity index (χ0) is 24.2. The normalized spacial score (nSPS) is 15.0. The minimum absolute atomic E-state index is 0.0527. The summed E-state index contributed by atoms with van der Waals surface area (Å²) in [7, 11) is 0. The maximum absolute atomic E-state index is 12.8. The summed E-state index contributed by atoms with van der Waals surface area (Å²) in [5.41, 5.74) is 2.82. The van der Waals surface area contributed by atoms with Crippen molar-refractivity contribution in [3.05, 3.63) is 52.7 Å². The molecule has 0 radical (unpaired) electrons. The molecule has 3 aromatic rings. The van der Waals surface area contributed by atoms with Gasteiger partial charge in [0.1, 0.15) is 11.5 Å². The number of aliphatic hydroxyl groups is 1. The third-order valence-electron chi connectivity index (χ3n) is 6.36. The molecule has 180 valence electrons. The first-order chi connectivity index (χ1) is 16.4. The number of phenolic OH excluding ortho intramolecular Hbond substituents is 2. The van der Waals surface area contributed by atoms with Gasteiger partial charge in [-0.3, -0.25) is 9.69 Å². The lowest BCUT2D eigenvalue weighted by molar-refractivity contribution is 0.0973. The van der Waals surface area contributed by atoms with Crippen molar-refractivity contribution >= 4 is 17.4 Å². The molecule has 0 aliphatic carbocycles. The van der Waals surface area contributed by atoms with Crippen molar-refractivity contribution in [1.29, 1.82) is 0 Å². The number of ketones is 1. The highest BCUT2D eigenvalue weighted by Gasteiger charge is 2.26. The monoisotopic (exact) mass is 484 g/mol. The highest BCUT2D eigenvalue weighted by Crippen LogP contribution is 2.43. The molecule has 0 amide bonds. The minimum Gasteiger partial charge on any atom is -0.507 e. The highest BCUT2D eigenvalue weighted by atomic mass is 35.5. The first-order valence-electron chi connectivity index (χ1n) is 11.6. The summed E-state index contributed by atoms with van der Waals surface area (Å²) in [6.07, 6.45) is 2.99. The van der Waals surface area contributed by atoms with E-state index in [1.165, 1.54) is 6.07 Å². The number of carbonyl (C=O) groups excluding carboxylic acids is 1. The molecule has 3 N–H and O–H groups in total. The topological polar surface area (TPSA) is 107 Å². The van der Waals surface area contributed by atoms with Gasteiger partial charge in [0.05, 0.1) is 16.1 Å². The molecular weight excluding hydrogens is 456 g/mol. The molecule has 0 unspecified atom stereocenters. The van der Waals surface area contributed by atoms with E-state index in [1.54, 1.807) is 0 Å². The Balaban J connectivity index is 1.66. The van der Waals surface area contributed by atoms with Gasteiger partial charge in [-0.1, -0.05) is 47.9 Å². The number of hydrogen-bond acceptors (Lipinski definition) is 7. The summed E-state index contributed by atoms with van der Waals surface area (Å²) < 4.78 is 5.55. The Morgan fingerprint density at radius 3 is 2.50 bits per heavy atom. The van der Waals surface area contributed by atoms with Crippen molar-refractivity contribution in [2.45, 2.75) is 39.2 Å². The smallest absolute Gasteiger partial charge is 0.185 e. The number of likely N-dealkylation sites (tertiary alicyclic amines) is 1. The van der Waals surface area contributed by atoms with E-state index in [-0.39, 0.29) is 45.9 Å². The number of rotatable bonds is 8. The second-order valence-corrected chi connectivity index (χ2v) is 9.24. The summed E-state index contributed by atoms with van der Waals surface area (Å²) in [4.78, 5) is 15.2. The SMILES string of the molecule is CCCC(=O)c1noc(-c2cc(Cl)c(O)cc2O)c1-c1ccc(CN2CCC(CO)CC2)cc1. The summed E-state index contributed by atoms with van der Waals surface area (Å²) in [6.45, 7) is 4.90. The van der Waals surface area contributed by atoms with Gasteiger partial charge in [0.25, 0.3) is 0 Å². The van der Waals surface area contributed by atoms with Gasteiger partial charge in [-0.15, -0.1) is 0 Å². The third kappa shape index (κ3) is 5.12. The highest BCUT2D eigenvalue weighted by molar-refractivity contribution is 6.32. The maximum Gasteiger partial charge on any atom is 0.185 e. The fourth-order valence-corrected chi connectivity index (χ4v) is 4.54. The fourth-order valence-electron chi connectivity index (χ4n) is 4.37. The molecule has 34 heavy (non-hydrogen) atoms. The number of carbonyl (C=O) groups is 1. The quantitative estimate of drug-likeness (QED) is 0.374. The molecule has 2 aromatic carbocycles. The molecule has 1 aliphatic rings. The minimum atomic E-state index is -0.251. The first kappa shape index (κ1) is 24.3. The van der Waals surface area contributed by atoms with Gasteiger partial charge < -0.3 is 19.8 Å². The number of nitrogens with zero attached hydrogens (tertiary/aromatic N) is 2. The second-order valence-electron chi connectivity index (χ2n) is 8.83. The first-order valence-corrected chi connectivity index (χ1v) is 12.0. The molecule has 1 fully saturated rings. The Bertz CT molecular complexity index is 1150. The van der Waals surface area contributed by atoms with Gasteiger partial charge in [-0.05, 0) is 55.5 Å². The number of benzene rings is 2. The predicted octanol–water partition coefficient (Wildman–Crippen LogP) is 5.26. The molecule has 7 nitrogen and oxygen atoms in total. The van der Waals surface area contributed by atoms with Gasteiger partial charge in [0, 0.05) is 25.6 Å². The van der Waals surface area contributed by atoms with Crippen LogP contribution in [-0.2, 0) is 6.54 Å². The molecule has 0 spiro atoms. The third-order valence-corrected chi connectivity index (χ3v) is 6.66. The van der Waals surface area contributed by atoms with E-state index in [2.05, 4.69) is 10.1 Å². The van der Waals surface area contributed by atoms with Crippen LogP contribution in [0.5, 0.6) is 11.5 Å². The lowest BCUT2D eigenvalue weighted by atomic mass is 9.95. The molecule has 0 atom stereocenters. The molecule has 4 rings (SSSR count). The van der Waals surface area contributed by atoms with Gasteiger partial charge in [0.15, 0.2) is 17.2 Å². The van der Waals surface area contributed by atoms with Gasteiger partial charge >= 0.3 is 0 Å². The Morgan fingerprint density at radius 1 is 1.15 bits per heavy atom. The van der Waals surface area contributed by atoms with Crippen LogP contribution in [0.2, 0.25) is 5.02 Å². The van der Waals surface area contributed by atoms with Crippen LogP contribution < -0.4 is 0 Å². The number of aromatic nitrogens is 1. The summed E-state index contributed by atoms with van der Waals surface area (Å²) >= 11 is 6.08. The Morgan fingerprint density at radius 2 is 1.85 bits per heavy atom. The van der Waals surface area contributed by atoms with Crippen LogP contribution in [0, 0.1) is 5.92 Å². The summed E-state index contributed by atoms with van der Waals surface area (Å²) in [6, 6.07) is 10.4. The second kappa shape index (κ2) is 10.6. The number of halogens is 1. The van der Waals surface area contributed by atoms with E-state index in [0.29, 0.717) is 24.3 Å². The van der Waals surface area contributed by atoms with Crippen molar-refractivity contribution < 1.29 is 24.6 Å². The van der Waals surface area contributed by atoms with Gasteiger partial charge in [-0.2, -0.15) is 0 Å². The van der Waals surface area contributed by atoms with Gasteiger partial charge in [-0.25, -0.2) is 0 Å². The summed E-state index contributed by atoms with van der Waals surface area (Å²) in [5, 5.41) is 33.7. The van der Waals surface area contributed by atoms with Crippen molar-refractivity contribution in [3.63, 3.8) is 0 Å². The van der Waals surface area contributed by atoms with Gasteiger partial charge in [0.2, 0.25) is 0 Å². The molecule has 8 heteroatoms. The summed E-state index contributed by atoms with van der Waals surface area (Å²) in [5.74, 6) is -0.00441. The Labute approximate surface area is 203 Å². The van der Waals surface area contributed by atoms with Crippen LogP contribution in [0.3, 0.4) is 0 Å². The van der Waals surface area contributed by atoms with E-state index in [0.717, 1.165) is 49.7 Å². The largest absolute Gasteiger partial charge is 0.507 e. The molecule has 1 aromatic heterocycles. The number of Topliss-reactive ketones (excluding diaryl/α,β-unsaturated/α-hetero) is 1. The predicted molar refractivity (Wildman–Crippen MR) is 130 cm³/mol. The lowest BCUT2D eigenvalue weighted by Gasteiger charge is -2.31. The van der Waals surface area contributed by atoms with Crippen molar-refractivity contribution in [3.8, 4) is 33.9 Å².